The zero-order valence-electron chi connectivity index (χ0n) is 11.2. The summed E-state index contributed by atoms with van der Waals surface area (Å²) in [5, 5.41) is 38.4. The van der Waals surface area contributed by atoms with Gasteiger partial charge < -0.3 is 29.9 Å². The van der Waals surface area contributed by atoms with Crippen molar-refractivity contribution in [1.29, 1.82) is 0 Å². The molecule has 2 aliphatic rings. The van der Waals surface area contributed by atoms with Crippen molar-refractivity contribution in [2.45, 2.75) is 25.6 Å². The van der Waals surface area contributed by atoms with Gasteiger partial charge in [0.15, 0.2) is 17.3 Å². The summed E-state index contributed by atoms with van der Waals surface area (Å²) < 4.78 is 10.9. The van der Waals surface area contributed by atoms with Gasteiger partial charge in [0, 0.05) is 18.1 Å². The largest absolute Gasteiger partial charge is 0.504 e. The van der Waals surface area contributed by atoms with Crippen molar-refractivity contribution in [3.05, 3.63) is 28.5 Å². The maximum Gasteiger partial charge on any atom is 0.340 e. The van der Waals surface area contributed by atoms with Gasteiger partial charge in [-0.25, -0.2) is 4.79 Å². The molecule has 0 amide bonds. The SMILES string of the molecule is CC1(O)CC2=C(CO1)Cc1c(cc(O)c(O)c1C(=O)O)O2. The molecule has 0 fully saturated rings. The van der Waals surface area contributed by atoms with E-state index in [1.165, 1.54) is 13.0 Å². The van der Waals surface area contributed by atoms with Crippen molar-refractivity contribution in [3.8, 4) is 17.2 Å². The van der Waals surface area contributed by atoms with Gasteiger partial charge in [0.1, 0.15) is 17.1 Å². The molecule has 0 spiro atoms. The first-order chi connectivity index (χ1) is 9.78. The second-order valence-corrected chi connectivity index (χ2v) is 5.35. The van der Waals surface area contributed by atoms with E-state index in [4.69, 9.17) is 9.47 Å². The van der Waals surface area contributed by atoms with Gasteiger partial charge in [0.2, 0.25) is 0 Å². The van der Waals surface area contributed by atoms with Crippen LogP contribution in [0.5, 0.6) is 17.2 Å². The zero-order valence-corrected chi connectivity index (χ0v) is 11.2. The number of aromatic hydroxyl groups is 2. The number of fused-ring (bicyclic) bond motifs is 1. The fourth-order valence-electron chi connectivity index (χ4n) is 2.57. The molecule has 0 aliphatic carbocycles. The molecule has 0 saturated carbocycles. The standard InChI is InChI=1S/C14H14O7/c1-14(19)4-10-6(5-20-14)2-7-9(21-10)3-8(15)12(16)11(7)13(17)18/h3,15-16,19H,2,4-5H2,1H3,(H,17,18). The molecule has 4 N–H and O–H groups in total. The minimum atomic E-state index is -1.35. The Morgan fingerprint density at radius 1 is 1.38 bits per heavy atom. The lowest BCUT2D eigenvalue weighted by molar-refractivity contribution is -0.194. The molecule has 3 rings (SSSR count). The van der Waals surface area contributed by atoms with E-state index in [-0.39, 0.29) is 36.3 Å². The van der Waals surface area contributed by atoms with E-state index in [0.29, 0.717) is 11.3 Å². The van der Waals surface area contributed by atoms with Crippen LogP contribution in [0.25, 0.3) is 0 Å². The van der Waals surface area contributed by atoms with Gasteiger partial charge in [-0.15, -0.1) is 0 Å². The van der Waals surface area contributed by atoms with E-state index in [1.54, 1.807) is 0 Å². The summed E-state index contributed by atoms with van der Waals surface area (Å²) in [6.07, 6.45) is 0.349. The smallest absolute Gasteiger partial charge is 0.340 e. The summed E-state index contributed by atoms with van der Waals surface area (Å²) in [7, 11) is 0. The predicted octanol–water partition coefficient (Wildman–Crippen LogP) is 1.11. The lowest BCUT2D eigenvalue weighted by atomic mass is 9.92. The Bertz CT molecular complexity index is 672. The van der Waals surface area contributed by atoms with Crippen LogP contribution in [-0.2, 0) is 11.2 Å². The maximum absolute atomic E-state index is 11.3. The van der Waals surface area contributed by atoms with Crippen LogP contribution in [0.4, 0.5) is 0 Å². The molecule has 0 bridgehead atoms. The van der Waals surface area contributed by atoms with E-state index in [2.05, 4.69) is 0 Å². The summed E-state index contributed by atoms with van der Waals surface area (Å²) in [4.78, 5) is 11.3. The van der Waals surface area contributed by atoms with Gasteiger partial charge in [-0.3, -0.25) is 0 Å². The minimum Gasteiger partial charge on any atom is -0.504 e. The number of carboxylic acids is 1. The predicted molar refractivity (Wildman–Crippen MR) is 69.3 cm³/mol. The normalized spacial score (nSPS) is 24.1. The first-order valence-corrected chi connectivity index (χ1v) is 6.34. The molecule has 1 unspecified atom stereocenters. The number of aromatic carboxylic acids is 1. The van der Waals surface area contributed by atoms with Crippen LogP contribution in [0.3, 0.4) is 0 Å². The molecule has 1 atom stereocenters. The Hall–Kier alpha value is -2.25. The van der Waals surface area contributed by atoms with Crippen LogP contribution >= 0.6 is 0 Å². The average Bonchev–Trinajstić information content (AvgIpc) is 2.37. The van der Waals surface area contributed by atoms with Gasteiger partial charge in [-0.2, -0.15) is 0 Å². The Morgan fingerprint density at radius 3 is 2.76 bits per heavy atom. The fraction of sp³-hybridized carbons (Fsp3) is 0.357. The first kappa shape index (κ1) is 13.7. The number of rotatable bonds is 1. The summed E-state index contributed by atoms with van der Waals surface area (Å²) in [5.74, 6) is -3.27. The molecular formula is C14H14O7. The summed E-state index contributed by atoms with van der Waals surface area (Å²) in [6.45, 7) is 1.62. The molecule has 0 radical (unpaired) electrons. The third kappa shape index (κ3) is 2.20. The number of hydrogen-bond acceptors (Lipinski definition) is 6. The highest BCUT2D eigenvalue weighted by Gasteiger charge is 2.36. The van der Waals surface area contributed by atoms with Crippen molar-refractivity contribution in [2.75, 3.05) is 6.61 Å². The Morgan fingerprint density at radius 2 is 2.10 bits per heavy atom. The van der Waals surface area contributed by atoms with Crippen LogP contribution in [0.1, 0.15) is 29.3 Å². The average molecular weight is 294 g/mol. The lowest BCUT2D eigenvalue weighted by Crippen LogP contribution is -2.36. The van der Waals surface area contributed by atoms with Gasteiger partial charge >= 0.3 is 5.97 Å². The lowest BCUT2D eigenvalue weighted by Gasteiger charge is -2.35. The van der Waals surface area contributed by atoms with Crippen molar-refractivity contribution in [3.63, 3.8) is 0 Å². The van der Waals surface area contributed by atoms with Crippen molar-refractivity contribution in [2.24, 2.45) is 0 Å². The highest BCUT2D eigenvalue weighted by molar-refractivity contribution is 5.95. The van der Waals surface area contributed by atoms with Crippen molar-refractivity contribution >= 4 is 5.97 Å². The third-order valence-corrected chi connectivity index (χ3v) is 3.62. The quantitative estimate of drug-likeness (QED) is 0.573. The molecule has 1 aromatic rings. The first-order valence-electron chi connectivity index (χ1n) is 6.34. The number of benzene rings is 1. The number of aliphatic hydroxyl groups is 1. The highest BCUT2D eigenvalue weighted by atomic mass is 16.6. The number of ether oxygens (including phenoxy) is 2. The van der Waals surface area contributed by atoms with E-state index in [0.717, 1.165) is 0 Å². The summed E-state index contributed by atoms with van der Waals surface area (Å²) in [6, 6.07) is 1.17. The van der Waals surface area contributed by atoms with E-state index < -0.39 is 23.3 Å². The van der Waals surface area contributed by atoms with Crippen molar-refractivity contribution < 1.29 is 34.7 Å². The van der Waals surface area contributed by atoms with E-state index in [1.807, 2.05) is 0 Å². The Labute approximate surface area is 119 Å². The monoisotopic (exact) mass is 294 g/mol. The number of carbonyl (C=O) groups is 1. The minimum absolute atomic E-state index is 0.114. The van der Waals surface area contributed by atoms with Crippen molar-refractivity contribution in [1.82, 2.24) is 0 Å². The third-order valence-electron chi connectivity index (χ3n) is 3.62. The van der Waals surface area contributed by atoms with Crippen LogP contribution < -0.4 is 4.74 Å². The molecule has 2 heterocycles. The summed E-state index contributed by atoms with van der Waals surface area (Å²) >= 11 is 0. The second kappa shape index (κ2) is 4.37. The highest BCUT2D eigenvalue weighted by Crippen LogP contribution is 2.44. The molecule has 1 aromatic carbocycles. The van der Waals surface area contributed by atoms with Crippen LogP contribution in [0, 0.1) is 0 Å². The van der Waals surface area contributed by atoms with Crippen LogP contribution in [-0.4, -0.2) is 38.8 Å². The molecule has 7 heteroatoms. The molecule has 2 aliphatic heterocycles. The molecule has 0 saturated heterocycles. The number of phenolic OH excluding ortho intramolecular Hbond substituents is 1. The molecule has 0 aromatic heterocycles. The maximum atomic E-state index is 11.3. The second-order valence-electron chi connectivity index (χ2n) is 5.35. The van der Waals surface area contributed by atoms with Crippen LogP contribution in [0.2, 0.25) is 0 Å². The van der Waals surface area contributed by atoms with E-state index >= 15 is 0 Å². The number of phenols is 2. The fourth-order valence-corrected chi connectivity index (χ4v) is 2.57. The molecule has 7 nitrogen and oxygen atoms in total. The number of carboxylic acid groups (broad SMARTS) is 1. The van der Waals surface area contributed by atoms with E-state index in [9.17, 15) is 25.2 Å². The molecule has 21 heavy (non-hydrogen) atoms. The Kier molecular flexibility index (Phi) is 2.86. The van der Waals surface area contributed by atoms with Crippen LogP contribution in [0.15, 0.2) is 17.4 Å². The number of hydrogen-bond donors (Lipinski definition) is 4. The van der Waals surface area contributed by atoms with Gasteiger partial charge in [-0.1, -0.05) is 0 Å². The Balaban J connectivity index is 2.09. The zero-order chi connectivity index (χ0) is 15.4. The van der Waals surface area contributed by atoms with Gasteiger partial charge in [0.05, 0.1) is 13.0 Å². The molecular weight excluding hydrogens is 280 g/mol. The molecule has 112 valence electrons. The summed E-state index contributed by atoms with van der Waals surface area (Å²) in [5.41, 5.74) is 0.609. The topological polar surface area (TPSA) is 116 Å². The van der Waals surface area contributed by atoms with Gasteiger partial charge in [0.25, 0.3) is 0 Å². The van der Waals surface area contributed by atoms with Gasteiger partial charge in [-0.05, 0) is 12.5 Å².